The maximum Gasteiger partial charge on any atom is 0.417 e. The summed E-state index contributed by atoms with van der Waals surface area (Å²) in [5.74, 6) is -1.27. The maximum absolute atomic E-state index is 12.7. The molecule has 0 bridgehead atoms. The number of aromatic carboxylic acids is 1. The molecule has 0 saturated carbocycles. The fourth-order valence-corrected chi connectivity index (χ4v) is 1.70. The Morgan fingerprint density at radius 2 is 2.14 bits per heavy atom. The second kappa shape index (κ2) is 5.81. The normalized spacial score (nSPS) is 11.4. The van der Waals surface area contributed by atoms with Crippen LogP contribution in [-0.4, -0.2) is 27.8 Å². The molecule has 1 aromatic heterocycles. The van der Waals surface area contributed by atoms with Crippen molar-refractivity contribution in [2.45, 2.75) is 12.6 Å². The molecule has 0 amide bonds. The van der Waals surface area contributed by atoms with Crippen molar-refractivity contribution in [2.24, 2.45) is 0 Å². The van der Waals surface area contributed by atoms with Crippen molar-refractivity contribution in [3.8, 4) is 0 Å². The lowest BCUT2D eigenvalue weighted by Crippen LogP contribution is -2.14. The molecule has 2 aromatic rings. The molecule has 0 spiro atoms. The fraction of sp³-hybridized carbons (Fsp3) is 0.250. The van der Waals surface area contributed by atoms with E-state index in [2.05, 4.69) is 15.5 Å². The molecule has 2 N–H and O–H groups in total. The van der Waals surface area contributed by atoms with Gasteiger partial charge < -0.3 is 14.9 Å². The van der Waals surface area contributed by atoms with Crippen LogP contribution in [0.2, 0.25) is 0 Å². The first-order chi connectivity index (χ1) is 9.88. The lowest BCUT2D eigenvalue weighted by molar-refractivity contribution is -0.138. The summed E-state index contributed by atoms with van der Waals surface area (Å²) >= 11 is 0. The first-order valence-electron chi connectivity index (χ1n) is 5.82. The predicted molar refractivity (Wildman–Crippen MR) is 64.9 cm³/mol. The molecule has 0 aliphatic rings. The molecule has 6 nitrogen and oxygen atoms in total. The quantitative estimate of drug-likeness (QED) is 0.882. The molecule has 9 heteroatoms. The fourth-order valence-electron chi connectivity index (χ4n) is 1.70. The Balaban J connectivity index is 2.11. The van der Waals surface area contributed by atoms with E-state index in [1.165, 1.54) is 12.4 Å². The topological polar surface area (TPSA) is 88.2 Å². The van der Waals surface area contributed by atoms with Crippen LogP contribution in [0.3, 0.4) is 0 Å². The van der Waals surface area contributed by atoms with Crippen molar-refractivity contribution >= 4 is 11.7 Å². The molecule has 0 fully saturated rings. The van der Waals surface area contributed by atoms with Crippen molar-refractivity contribution in [1.82, 2.24) is 10.1 Å². The lowest BCUT2D eigenvalue weighted by atomic mass is 10.1. The number of halogens is 3. The van der Waals surface area contributed by atoms with Crippen molar-refractivity contribution in [3.63, 3.8) is 0 Å². The monoisotopic (exact) mass is 301 g/mol. The van der Waals surface area contributed by atoms with Crippen LogP contribution >= 0.6 is 0 Å². The molecule has 1 heterocycles. The highest BCUT2D eigenvalue weighted by Gasteiger charge is 2.35. The van der Waals surface area contributed by atoms with Gasteiger partial charge in [0.2, 0.25) is 5.89 Å². The third-order valence-corrected chi connectivity index (χ3v) is 2.63. The number of aromatic nitrogens is 2. The molecule has 0 radical (unpaired) electrons. The molecule has 21 heavy (non-hydrogen) atoms. The SMILES string of the molecule is O=C(O)c1cc(NCCc2ncno2)ccc1C(F)(F)F. The number of nitrogens with zero attached hydrogens (tertiary/aromatic N) is 2. The van der Waals surface area contributed by atoms with Gasteiger partial charge in [-0.3, -0.25) is 0 Å². The van der Waals surface area contributed by atoms with Gasteiger partial charge in [-0.15, -0.1) is 0 Å². The van der Waals surface area contributed by atoms with Gasteiger partial charge in [-0.25, -0.2) is 4.79 Å². The van der Waals surface area contributed by atoms with Gasteiger partial charge in [0.15, 0.2) is 6.33 Å². The van der Waals surface area contributed by atoms with Crippen molar-refractivity contribution in [1.29, 1.82) is 0 Å². The standard InChI is InChI=1S/C12H10F3N3O3/c13-12(14,15)9-2-1-7(5-8(9)11(19)20)16-4-3-10-17-6-18-21-10/h1-2,5-6,16H,3-4H2,(H,19,20). The van der Waals surface area contributed by atoms with Crippen molar-refractivity contribution in [3.05, 3.63) is 41.5 Å². The molecular formula is C12H10F3N3O3. The minimum atomic E-state index is -4.71. The van der Waals surface area contributed by atoms with E-state index in [9.17, 15) is 18.0 Å². The largest absolute Gasteiger partial charge is 0.478 e. The van der Waals surface area contributed by atoms with E-state index < -0.39 is 23.3 Å². The number of rotatable bonds is 5. The molecule has 0 unspecified atom stereocenters. The van der Waals surface area contributed by atoms with E-state index in [0.29, 0.717) is 18.9 Å². The Hall–Kier alpha value is -2.58. The Kier molecular flexibility index (Phi) is 4.10. The molecule has 112 valence electrons. The van der Waals surface area contributed by atoms with Crippen molar-refractivity contribution in [2.75, 3.05) is 11.9 Å². The average molecular weight is 301 g/mol. The van der Waals surface area contributed by atoms with Gasteiger partial charge in [-0.2, -0.15) is 18.2 Å². The van der Waals surface area contributed by atoms with Gasteiger partial charge in [0.1, 0.15) is 0 Å². The van der Waals surface area contributed by atoms with Crippen LogP contribution < -0.4 is 5.32 Å². The second-order valence-electron chi connectivity index (χ2n) is 4.08. The lowest BCUT2D eigenvalue weighted by Gasteiger charge is -2.12. The van der Waals surface area contributed by atoms with Gasteiger partial charge in [0, 0.05) is 18.7 Å². The number of carboxylic acids is 1. The van der Waals surface area contributed by atoms with E-state index in [-0.39, 0.29) is 5.69 Å². The number of carboxylic acid groups (broad SMARTS) is 1. The van der Waals surface area contributed by atoms with Gasteiger partial charge in [0.25, 0.3) is 0 Å². The van der Waals surface area contributed by atoms with Crippen molar-refractivity contribution < 1.29 is 27.6 Å². The highest BCUT2D eigenvalue weighted by atomic mass is 19.4. The number of carbonyl (C=O) groups is 1. The molecule has 0 atom stereocenters. The molecule has 0 saturated heterocycles. The highest BCUT2D eigenvalue weighted by Crippen LogP contribution is 2.33. The Morgan fingerprint density at radius 3 is 2.71 bits per heavy atom. The molecule has 0 aliphatic heterocycles. The summed E-state index contributed by atoms with van der Waals surface area (Å²) in [7, 11) is 0. The molecular weight excluding hydrogens is 291 g/mol. The number of hydrogen-bond acceptors (Lipinski definition) is 5. The summed E-state index contributed by atoms with van der Waals surface area (Å²) in [5, 5.41) is 15.1. The summed E-state index contributed by atoms with van der Waals surface area (Å²) in [6.07, 6.45) is -3.12. The average Bonchev–Trinajstić information content (AvgIpc) is 2.90. The van der Waals surface area contributed by atoms with E-state index in [1.54, 1.807) is 0 Å². The number of anilines is 1. The summed E-state index contributed by atoms with van der Waals surface area (Å²) in [6, 6.07) is 2.85. The highest BCUT2D eigenvalue weighted by molar-refractivity contribution is 5.91. The van der Waals surface area contributed by atoms with Crippen LogP contribution in [0, 0.1) is 0 Å². The first-order valence-corrected chi connectivity index (χ1v) is 5.82. The maximum atomic E-state index is 12.7. The van der Waals surface area contributed by atoms with E-state index in [1.807, 2.05) is 0 Å². The van der Waals surface area contributed by atoms with E-state index in [0.717, 1.165) is 12.1 Å². The Labute approximate surface area is 116 Å². The van der Waals surface area contributed by atoms with Gasteiger partial charge in [0.05, 0.1) is 11.1 Å². The second-order valence-corrected chi connectivity index (χ2v) is 4.08. The first kappa shape index (κ1) is 14.8. The van der Waals surface area contributed by atoms with Gasteiger partial charge in [-0.05, 0) is 18.2 Å². The summed E-state index contributed by atoms with van der Waals surface area (Å²) in [4.78, 5) is 14.7. The van der Waals surface area contributed by atoms with Crippen LogP contribution in [0.4, 0.5) is 18.9 Å². The van der Waals surface area contributed by atoms with Gasteiger partial charge in [-0.1, -0.05) is 5.16 Å². The molecule has 2 rings (SSSR count). The van der Waals surface area contributed by atoms with E-state index in [4.69, 9.17) is 9.63 Å². The Morgan fingerprint density at radius 1 is 1.38 bits per heavy atom. The van der Waals surface area contributed by atoms with Crippen LogP contribution in [0.1, 0.15) is 21.8 Å². The smallest absolute Gasteiger partial charge is 0.417 e. The van der Waals surface area contributed by atoms with Crippen LogP contribution in [0.5, 0.6) is 0 Å². The zero-order valence-electron chi connectivity index (χ0n) is 10.5. The summed E-state index contributed by atoms with van der Waals surface area (Å²) < 4.78 is 42.8. The predicted octanol–water partition coefficient (Wildman–Crippen LogP) is 2.44. The van der Waals surface area contributed by atoms with Crippen LogP contribution in [0.25, 0.3) is 0 Å². The number of hydrogen-bond donors (Lipinski definition) is 2. The van der Waals surface area contributed by atoms with E-state index >= 15 is 0 Å². The number of nitrogens with one attached hydrogen (secondary N) is 1. The van der Waals surface area contributed by atoms with Crippen LogP contribution in [0.15, 0.2) is 29.0 Å². The molecule has 0 aliphatic carbocycles. The zero-order valence-corrected chi connectivity index (χ0v) is 10.5. The minimum Gasteiger partial charge on any atom is -0.478 e. The number of benzene rings is 1. The third kappa shape index (κ3) is 3.71. The Bertz CT molecular complexity index is 626. The third-order valence-electron chi connectivity index (χ3n) is 2.63. The minimum absolute atomic E-state index is 0.264. The summed E-state index contributed by atoms with van der Waals surface area (Å²) in [6.45, 7) is 0.312. The van der Waals surface area contributed by atoms with Crippen LogP contribution in [-0.2, 0) is 12.6 Å². The summed E-state index contributed by atoms with van der Waals surface area (Å²) in [5.41, 5.74) is -1.72. The van der Waals surface area contributed by atoms with Gasteiger partial charge >= 0.3 is 12.1 Å². The zero-order chi connectivity index (χ0) is 15.5. The molecule has 1 aromatic carbocycles. The number of alkyl halides is 3.